The number of pyridine rings is 1. The van der Waals surface area contributed by atoms with E-state index >= 15 is 0 Å². The molecule has 2 aromatic carbocycles. The average Bonchev–Trinajstić information content (AvgIpc) is 3.02. The lowest BCUT2D eigenvalue weighted by Gasteiger charge is -2.23. The second-order valence-corrected chi connectivity index (χ2v) is 9.97. The molecule has 1 aliphatic carbocycles. The lowest BCUT2D eigenvalue weighted by molar-refractivity contribution is 0.102. The Morgan fingerprint density at radius 2 is 1.88 bits per heavy atom. The van der Waals surface area contributed by atoms with Gasteiger partial charge in [-0.1, -0.05) is 31.4 Å². The summed E-state index contributed by atoms with van der Waals surface area (Å²) in [4.78, 5) is 30.6. The van der Waals surface area contributed by atoms with E-state index in [1.807, 2.05) is 25.1 Å². The molecule has 0 saturated heterocycles. The van der Waals surface area contributed by atoms with Crippen molar-refractivity contribution in [2.75, 3.05) is 30.9 Å². The molecular weight excluding hydrogens is 520 g/mol. The highest BCUT2D eigenvalue weighted by atomic mass is 16.5. The number of anilines is 2. The summed E-state index contributed by atoms with van der Waals surface area (Å²) in [5.74, 6) is 2.31. The van der Waals surface area contributed by atoms with Crippen LogP contribution in [0.2, 0.25) is 0 Å². The Bertz CT molecular complexity index is 1510. The Balaban J connectivity index is 1.38. The Labute approximate surface area is 239 Å². The molecule has 1 aliphatic rings. The molecule has 3 N–H and O–H groups in total. The molecule has 0 bridgehead atoms. The van der Waals surface area contributed by atoms with E-state index in [9.17, 15) is 4.79 Å². The van der Waals surface area contributed by atoms with Crippen LogP contribution in [0.3, 0.4) is 0 Å². The smallest absolute Gasteiger partial charge is 0.255 e. The first-order valence-electron chi connectivity index (χ1n) is 13.8. The maximum Gasteiger partial charge on any atom is 0.255 e. The van der Waals surface area contributed by atoms with Gasteiger partial charge in [-0.05, 0) is 73.2 Å². The van der Waals surface area contributed by atoms with Crippen molar-refractivity contribution >= 4 is 17.5 Å². The van der Waals surface area contributed by atoms with Crippen molar-refractivity contribution in [1.82, 2.24) is 19.9 Å². The topological polar surface area (TPSA) is 131 Å². The maximum atomic E-state index is 13.4. The van der Waals surface area contributed by atoms with Gasteiger partial charge in [0, 0.05) is 18.3 Å². The van der Waals surface area contributed by atoms with Crippen molar-refractivity contribution in [2.45, 2.75) is 44.9 Å². The predicted octanol–water partition coefficient (Wildman–Crippen LogP) is 5.75. The van der Waals surface area contributed by atoms with Gasteiger partial charge in [0.05, 0.1) is 25.0 Å². The summed E-state index contributed by atoms with van der Waals surface area (Å²) >= 11 is 0. The molecule has 10 heteroatoms. The van der Waals surface area contributed by atoms with Crippen LogP contribution in [-0.2, 0) is 0 Å². The van der Waals surface area contributed by atoms with E-state index in [0.29, 0.717) is 52.5 Å². The van der Waals surface area contributed by atoms with E-state index in [1.54, 1.807) is 37.6 Å². The van der Waals surface area contributed by atoms with Crippen LogP contribution >= 0.6 is 0 Å². The molecule has 1 amide bonds. The van der Waals surface area contributed by atoms with Crippen molar-refractivity contribution in [1.29, 1.82) is 0 Å². The van der Waals surface area contributed by atoms with E-state index in [2.05, 4.69) is 36.6 Å². The summed E-state index contributed by atoms with van der Waals surface area (Å²) in [6, 6.07) is 14.9. The highest BCUT2D eigenvalue weighted by Gasteiger charge is 2.19. The van der Waals surface area contributed by atoms with Crippen LogP contribution in [0.4, 0.5) is 11.6 Å². The third-order valence-electron chi connectivity index (χ3n) is 7.18. The van der Waals surface area contributed by atoms with E-state index in [-0.39, 0.29) is 18.4 Å². The van der Waals surface area contributed by atoms with Crippen molar-refractivity contribution in [3.8, 4) is 28.8 Å². The number of aliphatic hydroxyl groups is 1. The fraction of sp³-hybridized carbons (Fsp3) is 0.323. The zero-order valence-electron chi connectivity index (χ0n) is 23.3. The lowest BCUT2D eigenvalue weighted by Crippen LogP contribution is -2.14. The van der Waals surface area contributed by atoms with Crippen LogP contribution in [0.25, 0.3) is 11.4 Å². The van der Waals surface area contributed by atoms with E-state index in [0.717, 1.165) is 5.56 Å². The zero-order valence-corrected chi connectivity index (χ0v) is 23.3. The van der Waals surface area contributed by atoms with Gasteiger partial charge in [0.2, 0.25) is 11.8 Å². The van der Waals surface area contributed by atoms with Gasteiger partial charge >= 0.3 is 0 Å². The van der Waals surface area contributed by atoms with Crippen LogP contribution in [0.15, 0.2) is 61.1 Å². The molecule has 0 spiro atoms. The number of hydrogen-bond donors (Lipinski definition) is 3. The predicted molar refractivity (Wildman–Crippen MR) is 157 cm³/mol. The van der Waals surface area contributed by atoms with Gasteiger partial charge in [-0.2, -0.15) is 4.98 Å². The number of benzene rings is 2. The molecule has 0 radical (unpaired) electrons. The molecule has 2 heterocycles. The SMILES string of the molecule is COc1ccc(C2CCCCC2)cc1NC(=O)c1ccc(C)c(Oc2ncccc2-c2ncnc(NCCO)n2)c1. The number of methoxy groups -OCH3 is 1. The molecule has 1 saturated carbocycles. The summed E-state index contributed by atoms with van der Waals surface area (Å²) in [5.41, 5.74) is 3.70. The number of aromatic nitrogens is 4. The number of aryl methyl sites for hydroxylation is 1. The average molecular weight is 555 g/mol. The first-order chi connectivity index (χ1) is 20.1. The largest absolute Gasteiger partial charge is 0.495 e. The fourth-order valence-electron chi connectivity index (χ4n) is 4.98. The van der Waals surface area contributed by atoms with Crippen LogP contribution < -0.4 is 20.1 Å². The van der Waals surface area contributed by atoms with Gasteiger partial charge in [-0.15, -0.1) is 0 Å². The number of amides is 1. The third kappa shape index (κ3) is 6.78. The molecule has 5 rings (SSSR count). The van der Waals surface area contributed by atoms with Crippen LogP contribution in [0.5, 0.6) is 17.4 Å². The minimum absolute atomic E-state index is 0.0514. The number of nitrogens with zero attached hydrogens (tertiary/aromatic N) is 4. The van der Waals surface area contributed by atoms with Gasteiger partial charge in [-0.3, -0.25) is 4.79 Å². The number of ether oxygens (including phenoxy) is 2. The van der Waals surface area contributed by atoms with Crippen LogP contribution in [0, 0.1) is 6.92 Å². The van der Waals surface area contributed by atoms with E-state index in [4.69, 9.17) is 14.6 Å². The quantitative estimate of drug-likeness (QED) is 0.224. The second kappa shape index (κ2) is 13.2. The first-order valence-corrected chi connectivity index (χ1v) is 13.8. The Hall–Kier alpha value is -4.57. The van der Waals surface area contributed by atoms with Gasteiger partial charge in [-0.25, -0.2) is 15.0 Å². The molecule has 0 atom stereocenters. The maximum absolute atomic E-state index is 13.4. The number of carbonyl (C=O) groups is 1. The van der Waals surface area contributed by atoms with Crippen molar-refractivity contribution < 1.29 is 19.4 Å². The van der Waals surface area contributed by atoms with Crippen LogP contribution in [0.1, 0.15) is 59.5 Å². The van der Waals surface area contributed by atoms with Crippen molar-refractivity contribution in [2.24, 2.45) is 0 Å². The Morgan fingerprint density at radius 3 is 2.68 bits per heavy atom. The van der Waals surface area contributed by atoms with Crippen molar-refractivity contribution in [3.63, 3.8) is 0 Å². The number of hydrogen-bond acceptors (Lipinski definition) is 9. The lowest BCUT2D eigenvalue weighted by atomic mass is 9.84. The molecule has 0 unspecified atom stereocenters. The zero-order chi connectivity index (χ0) is 28.6. The Morgan fingerprint density at radius 1 is 1.02 bits per heavy atom. The second-order valence-electron chi connectivity index (χ2n) is 9.97. The molecule has 212 valence electrons. The molecular formula is C31H34N6O4. The van der Waals surface area contributed by atoms with Gasteiger partial charge in [0.1, 0.15) is 17.8 Å². The molecule has 1 fully saturated rings. The fourth-order valence-corrected chi connectivity index (χ4v) is 4.98. The Kier molecular flexibility index (Phi) is 9.00. The highest BCUT2D eigenvalue weighted by molar-refractivity contribution is 6.05. The number of rotatable bonds is 10. The standard InChI is InChI=1S/C31H34N6O4/c1-20-10-11-23(29(39)36-25-17-22(12-13-26(25)40-2)21-7-4-3-5-8-21)18-27(20)41-30-24(9-6-14-32-30)28-34-19-35-31(37-28)33-15-16-38/h6,9-14,17-19,21,38H,3-5,7-8,15-16H2,1-2H3,(H,36,39)(H,33,34,35,37). The summed E-state index contributed by atoms with van der Waals surface area (Å²) in [7, 11) is 1.60. The number of nitrogens with one attached hydrogen (secondary N) is 2. The highest BCUT2D eigenvalue weighted by Crippen LogP contribution is 2.37. The summed E-state index contributed by atoms with van der Waals surface area (Å²) in [5, 5.41) is 15.1. The monoisotopic (exact) mass is 554 g/mol. The number of aliphatic hydroxyl groups excluding tert-OH is 1. The van der Waals surface area contributed by atoms with Gasteiger partial charge in [0.15, 0.2) is 5.82 Å². The molecule has 2 aromatic heterocycles. The molecule has 0 aliphatic heterocycles. The minimum Gasteiger partial charge on any atom is -0.495 e. The van der Waals surface area contributed by atoms with Crippen molar-refractivity contribution in [3.05, 3.63) is 77.7 Å². The van der Waals surface area contributed by atoms with Crippen LogP contribution in [-0.4, -0.2) is 51.2 Å². The first kappa shape index (κ1) is 28.0. The molecule has 4 aromatic rings. The van der Waals surface area contributed by atoms with E-state index < -0.39 is 0 Å². The minimum atomic E-state index is -0.271. The molecule has 41 heavy (non-hydrogen) atoms. The summed E-state index contributed by atoms with van der Waals surface area (Å²) in [6.07, 6.45) is 9.08. The van der Waals surface area contributed by atoms with Gasteiger partial charge in [0.25, 0.3) is 5.91 Å². The molecule has 10 nitrogen and oxygen atoms in total. The number of carbonyl (C=O) groups excluding carboxylic acids is 1. The summed E-state index contributed by atoms with van der Waals surface area (Å²) in [6.45, 7) is 2.16. The normalized spacial score (nSPS) is 13.4. The third-order valence-corrected chi connectivity index (χ3v) is 7.18. The summed E-state index contributed by atoms with van der Waals surface area (Å²) < 4.78 is 11.8. The van der Waals surface area contributed by atoms with E-state index in [1.165, 1.54) is 44.0 Å². The van der Waals surface area contributed by atoms with Gasteiger partial charge < -0.3 is 25.2 Å².